The van der Waals surface area contributed by atoms with Crippen LogP contribution in [0.4, 0.5) is 0 Å². The van der Waals surface area contributed by atoms with E-state index in [1.54, 1.807) is 0 Å². The molecule has 0 aromatic heterocycles. The summed E-state index contributed by atoms with van der Waals surface area (Å²) in [7, 11) is 0. The summed E-state index contributed by atoms with van der Waals surface area (Å²) in [6.07, 6.45) is 5.35. The van der Waals surface area contributed by atoms with Gasteiger partial charge < -0.3 is 0 Å². The van der Waals surface area contributed by atoms with E-state index in [1.807, 2.05) is 0 Å². The predicted octanol–water partition coefficient (Wildman–Crippen LogP) is -4.23. The van der Waals surface area contributed by atoms with Gasteiger partial charge in [0.1, 0.15) is 0 Å². The Labute approximate surface area is 142 Å². The molecule has 1 heterocycles. The Hall–Kier alpha value is 0.890. The van der Waals surface area contributed by atoms with Gasteiger partial charge in [-0.15, -0.1) is 0 Å². The summed E-state index contributed by atoms with van der Waals surface area (Å²) in [6.45, 7) is 4.41. The summed E-state index contributed by atoms with van der Waals surface area (Å²) >= 11 is -0.0593. The Morgan fingerprint density at radius 2 is 2.15 bits per heavy atom. The molecule has 116 valence electrons. The van der Waals surface area contributed by atoms with Crippen LogP contribution in [0.5, 0.6) is 0 Å². The molecule has 4 saturated carbocycles. The van der Waals surface area contributed by atoms with Crippen LogP contribution in [-0.2, 0) is 9.53 Å². The summed E-state index contributed by atoms with van der Waals surface area (Å²) in [5.74, 6) is 3.23. The van der Waals surface area contributed by atoms with Crippen LogP contribution in [0.1, 0.15) is 39.5 Å². The standard InChI is InChI=1S/C15H23I2NO2/c1-14(16-3,12-17-18-12)13(19)20-15(2)10-5-8-4-9(7-10)11(15)6-8/h8-12,18H,4-7H2,1-3H3/q-2. The maximum atomic E-state index is 12.9. The molecule has 5 heteroatoms. The van der Waals surface area contributed by atoms with Crippen molar-refractivity contribution in [2.24, 2.45) is 23.7 Å². The Morgan fingerprint density at radius 3 is 2.75 bits per heavy atom. The van der Waals surface area contributed by atoms with E-state index in [9.17, 15) is 4.79 Å². The molecule has 4 aliphatic carbocycles. The first-order valence-electron chi connectivity index (χ1n) is 7.59. The van der Waals surface area contributed by atoms with Gasteiger partial charge in [-0.1, -0.05) is 0 Å². The molecule has 0 aromatic rings. The van der Waals surface area contributed by atoms with E-state index >= 15 is 0 Å². The third-order valence-electron chi connectivity index (χ3n) is 6.34. The quantitative estimate of drug-likeness (QED) is 0.106. The van der Waals surface area contributed by atoms with E-state index in [0.29, 0.717) is 15.9 Å². The van der Waals surface area contributed by atoms with Crippen molar-refractivity contribution in [3.8, 4) is 0 Å². The minimum atomic E-state index is -0.172. The molecule has 0 spiro atoms. The number of carbonyl (C=O) groups is 1. The molecule has 5 rings (SSSR count). The van der Waals surface area contributed by atoms with Gasteiger partial charge in [-0.05, 0) is 0 Å². The van der Waals surface area contributed by atoms with Crippen molar-refractivity contribution < 1.29 is 52.2 Å². The normalized spacial score (nSPS) is 51.6. The van der Waals surface area contributed by atoms with Crippen LogP contribution in [0.3, 0.4) is 0 Å². The molecule has 1 saturated heterocycles. The number of esters is 1. The summed E-state index contributed by atoms with van der Waals surface area (Å²) < 4.78 is 10.1. The molecule has 0 radical (unpaired) electrons. The van der Waals surface area contributed by atoms with Crippen molar-refractivity contribution in [2.45, 2.75) is 52.6 Å². The Morgan fingerprint density at radius 1 is 1.40 bits per heavy atom. The van der Waals surface area contributed by atoms with Gasteiger partial charge in [0.25, 0.3) is 0 Å². The zero-order valence-electron chi connectivity index (χ0n) is 12.3. The minimum absolute atomic E-state index is 0.0718. The van der Waals surface area contributed by atoms with E-state index in [1.165, 1.54) is 25.7 Å². The Balaban J connectivity index is 1.55. The number of alkyl halides is 3. The van der Waals surface area contributed by atoms with E-state index in [2.05, 4.69) is 22.3 Å². The van der Waals surface area contributed by atoms with Crippen molar-refractivity contribution in [3.05, 3.63) is 0 Å². The molecule has 7 atom stereocenters. The molecular formula is C15H23I2NO2-2. The van der Waals surface area contributed by atoms with Crippen LogP contribution in [0, 0.1) is 23.7 Å². The Kier molecular flexibility index (Phi) is 3.40. The molecule has 0 aromatic carbocycles. The fourth-order valence-corrected chi connectivity index (χ4v) is 10.9. The van der Waals surface area contributed by atoms with Crippen molar-refractivity contribution >= 4 is 5.97 Å². The second-order valence-electron chi connectivity index (χ2n) is 7.29. The molecule has 7 unspecified atom stereocenters. The van der Waals surface area contributed by atoms with E-state index in [0.717, 1.165) is 11.8 Å². The van der Waals surface area contributed by atoms with E-state index < -0.39 is 0 Å². The number of nitrogens with one attached hydrogen (secondary N) is 1. The van der Waals surface area contributed by atoms with Gasteiger partial charge in [0.2, 0.25) is 0 Å². The fourth-order valence-electron chi connectivity index (χ4n) is 5.00. The van der Waals surface area contributed by atoms with Crippen LogP contribution >= 0.6 is 0 Å². The first-order valence-corrected chi connectivity index (χ1v) is 13.2. The van der Waals surface area contributed by atoms with Gasteiger partial charge in [-0.25, -0.2) is 0 Å². The van der Waals surface area contributed by atoms with Crippen molar-refractivity contribution in [1.29, 1.82) is 0 Å². The Bertz CT molecular complexity index is 451. The first kappa shape index (κ1) is 14.5. The van der Waals surface area contributed by atoms with Crippen LogP contribution < -0.4 is 46.2 Å². The second-order valence-corrected chi connectivity index (χ2v) is 13.1. The summed E-state index contributed by atoms with van der Waals surface area (Å²) in [4.78, 5) is 15.1. The summed E-state index contributed by atoms with van der Waals surface area (Å²) in [6, 6.07) is 0. The van der Waals surface area contributed by atoms with Crippen molar-refractivity contribution in [1.82, 2.24) is 3.53 Å². The second kappa shape index (κ2) is 4.69. The third kappa shape index (κ3) is 1.94. The SMILES string of the molecule is C[I-]C(C)(C(=O)OC1(C)C2CC3CC(C2)C1C3)C1N[I-]1. The zero-order chi connectivity index (χ0) is 14.1. The molecule has 3 nitrogen and oxygen atoms in total. The average Bonchev–Trinajstić information content (AvgIpc) is 3.20. The molecule has 1 aliphatic heterocycles. The molecule has 1 N–H and O–H groups in total. The van der Waals surface area contributed by atoms with Gasteiger partial charge in [0, 0.05) is 0 Å². The van der Waals surface area contributed by atoms with Gasteiger partial charge in [0.05, 0.1) is 0 Å². The predicted molar refractivity (Wildman–Crippen MR) is 68.2 cm³/mol. The number of ether oxygens (including phenoxy) is 1. The van der Waals surface area contributed by atoms with Gasteiger partial charge >= 0.3 is 143 Å². The van der Waals surface area contributed by atoms with Crippen LogP contribution in [0.2, 0.25) is 0 Å². The van der Waals surface area contributed by atoms with E-state index in [4.69, 9.17) is 4.74 Å². The van der Waals surface area contributed by atoms with E-state index in [-0.39, 0.29) is 57.7 Å². The number of hydrogen-bond donors (Lipinski definition) is 1. The molecule has 5 aliphatic rings. The number of hydrogen-bond acceptors (Lipinski definition) is 3. The van der Waals surface area contributed by atoms with Gasteiger partial charge in [-0.3, -0.25) is 0 Å². The first-order chi connectivity index (χ1) is 9.47. The number of halogens is 2. The number of rotatable bonds is 4. The fraction of sp³-hybridized carbons (Fsp3) is 0.933. The van der Waals surface area contributed by atoms with Crippen LogP contribution in [-0.4, -0.2) is 24.0 Å². The van der Waals surface area contributed by atoms with Crippen molar-refractivity contribution in [3.63, 3.8) is 0 Å². The molecule has 4 bridgehead atoms. The molecule has 0 amide bonds. The van der Waals surface area contributed by atoms with Crippen molar-refractivity contribution in [2.75, 3.05) is 4.93 Å². The van der Waals surface area contributed by atoms with Gasteiger partial charge in [-0.2, -0.15) is 0 Å². The molecular weight excluding hydrogens is 480 g/mol. The monoisotopic (exact) mass is 503 g/mol. The van der Waals surface area contributed by atoms with Crippen LogP contribution in [0.25, 0.3) is 0 Å². The zero-order valence-corrected chi connectivity index (χ0v) is 16.6. The average molecular weight is 503 g/mol. The van der Waals surface area contributed by atoms with Gasteiger partial charge in [0.15, 0.2) is 0 Å². The summed E-state index contributed by atoms with van der Waals surface area (Å²) in [5, 5.41) is 0. The molecule has 5 fully saturated rings. The number of carbonyl (C=O) groups excluding carboxylic acids is 1. The topological polar surface area (TPSA) is 48.2 Å². The summed E-state index contributed by atoms with van der Waals surface area (Å²) in [5.41, 5.74) is -0.137. The third-order valence-corrected chi connectivity index (χ3v) is 13.3. The molecule has 20 heavy (non-hydrogen) atoms. The van der Waals surface area contributed by atoms with Crippen LogP contribution in [0.15, 0.2) is 0 Å². The maximum absolute atomic E-state index is 12.9.